The summed E-state index contributed by atoms with van der Waals surface area (Å²) in [6.07, 6.45) is -2.13. The molecule has 0 bridgehead atoms. The van der Waals surface area contributed by atoms with Gasteiger partial charge in [0.1, 0.15) is 0 Å². The fraction of sp³-hybridized carbons (Fsp3) is 0.417. The molecule has 0 aliphatic carbocycles. The first kappa shape index (κ1) is 25.8. The lowest BCUT2D eigenvalue weighted by Gasteiger charge is -2.39. The maximum Gasteiger partial charge on any atom is 0.417 e. The molecular weight excluding hydrogens is 485 g/mol. The standard InChI is InChI=1S/C24H26F5N5O2/c1-13-12-34(7-6-33(13)2)18-9-17(21(25)20(22(18)26)14-4-3-5-30-10-14)32-23(36)15-11-31-19(35)8-16(15)24(27,28)29/h4,8-9,11,13,30H,3,5-7,10,12H2,1-2H3,(H,31,35)(H,32,36)/t13-/m0/s1. The fourth-order valence-corrected chi connectivity index (χ4v) is 4.41. The van der Waals surface area contributed by atoms with E-state index in [9.17, 15) is 22.8 Å². The van der Waals surface area contributed by atoms with Crippen LogP contribution in [0.5, 0.6) is 0 Å². The highest BCUT2D eigenvalue weighted by Crippen LogP contribution is 2.37. The molecule has 12 heteroatoms. The number of aromatic amines is 1. The van der Waals surface area contributed by atoms with Crippen LogP contribution in [0.15, 0.2) is 29.2 Å². The maximum atomic E-state index is 15.8. The number of carbonyl (C=O) groups is 1. The van der Waals surface area contributed by atoms with Crippen molar-refractivity contribution >= 4 is 22.9 Å². The van der Waals surface area contributed by atoms with E-state index in [1.165, 1.54) is 0 Å². The number of alkyl halides is 3. The summed E-state index contributed by atoms with van der Waals surface area (Å²) in [5.41, 5.74) is -3.78. The molecule has 1 amide bonds. The van der Waals surface area contributed by atoms with Crippen LogP contribution in [0.4, 0.5) is 33.3 Å². The lowest BCUT2D eigenvalue weighted by Crippen LogP contribution is -2.50. The molecule has 2 aromatic rings. The zero-order valence-electron chi connectivity index (χ0n) is 19.7. The summed E-state index contributed by atoms with van der Waals surface area (Å²) in [5, 5.41) is 5.22. The molecule has 4 rings (SSSR count). The number of amides is 1. The van der Waals surface area contributed by atoms with Gasteiger partial charge in [-0.05, 0) is 38.6 Å². The molecule has 2 aliphatic rings. The molecule has 1 aromatic carbocycles. The number of pyridine rings is 1. The molecule has 7 nitrogen and oxygen atoms in total. The van der Waals surface area contributed by atoms with Crippen LogP contribution in [0, 0.1) is 11.6 Å². The van der Waals surface area contributed by atoms with Crippen molar-refractivity contribution in [2.75, 3.05) is 50.0 Å². The minimum atomic E-state index is -4.99. The van der Waals surface area contributed by atoms with E-state index in [0.717, 1.165) is 6.07 Å². The highest BCUT2D eigenvalue weighted by Gasteiger charge is 2.36. The van der Waals surface area contributed by atoms with Crippen LogP contribution in [0.25, 0.3) is 5.57 Å². The summed E-state index contributed by atoms with van der Waals surface area (Å²) >= 11 is 0. The summed E-state index contributed by atoms with van der Waals surface area (Å²) in [5.74, 6) is -3.17. The summed E-state index contributed by atoms with van der Waals surface area (Å²) in [4.78, 5) is 30.2. The Morgan fingerprint density at radius 3 is 2.56 bits per heavy atom. The number of anilines is 2. The number of aromatic nitrogens is 1. The number of piperazine rings is 1. The molecule has 1 atom stereocenters. The third kappa shape index (κ3) is 5.14. The van der Waals surface area contributed by atoms with E-state index in [-0.39, 0.29) is 29.9 Å². The van der Waals surface area contributed by atoms with E-state index < -0.39 is 46.1 Å². The molecule has 3 N–H and O–H groups in total. The van der Waals surface area contributed by atoms with Gasteiger partial charge in [-0.25, -0.2) is 8.78 Å². The number of rotatable bonds is 4. The average molecular weight is 511 g/mol. The van der Waals surface area contributed by atoms with Gasteiger partial charge in [0.15, 0.2) is 11.6 Å². The van der Waals surface area contributed by atoms with Crippen LogP contribution in [-0.4, -0.2) is 61.6 Å². The summed E-state index contributed by atoms with van der Waals surface area (Å²) < 4.78 is 71.8. The van der Waals surface area contributed by atoms with Gasteiger partial charge in [-0.3, -0.25) is 9.59 Å². The zero-order valence-corrected chi connectivity index (χ0v) is 19.7. The lowest BCUT2D eigenvalue weighted by molar-refractivity contribution is -0.138. The Balaban J connectivity index is 1.80. The number of benzene rings is 1. The first-order chi connectivity index (χ1) is 17.0. The van der Waals surface area contributed by atoms with E-state index in [4.69, 9.17) is 0 Å². The molecule has 1 fully saturated rings. The topological polar surface area (TPSA) is 80.5 Å². The number of likely N-dealkylation sites (N-methyl/N-ethyl adjacent to an activating group) is 1. The maximum absolute atomic E-state index is 15.8. The first-order valence-electron chi connectivity index (χ1n) is 11.5. The predicted octanol–water partition coefficient (Wildman–Crippen LogP) is 3.44. The summed E-state index contributed by atoms with van der Waals surface area (Å²) in [6.45, 7) is 4.28. The quantitative estimate of drug-likeness (QED) is 0.549. The van der Waals surface area contributed by atoms with Crippen molar-refractivity contribution in [2.45, 2.75) is 25.6 Å². The van der Waals surface area contributed by atoms with Crippen LogP contribution >= 0.6 is 0 Å². The van der Waals surface area contributed by atoms with Gasteiger partial charge in [-0.1, -0.05) is 6.08 Å². The largest absolute Gasteiger partial charge is 0.417 e. The normalized spacial score (nSPS) is 19.2. The van der Waals surface area contributed by atoms with Crippen molar-refractivity contribution in [3.05, 3.63) is 63.1 Å². The van der Waals surface area contributed by atoms with Crippen LogP contribution in [0.1, 0.15) is 34.8 Å². The second kappa shape index (κ2) is 10.0. The number of nitrogens with zero attached hydrogens (tertiary/aromatic N) is 2. The Morgan fingerprint density at radius 2 is 1.92 bits per heavy atom. The SMILES string of the molecule is C[C@H]1CN(c2cc(NC(=O)c3c[nH]c(=O)cc3C(F)(F)F)c(F)c(C3=CCCNC3)c2F)CCN1C. The van der Waals surface area contributed by atoms with E-state index in [1.54, 1.807) is 11.0 Å². The summed E-state index contributed by atoms with van der Waals surface area (Å²) in [6, 6.07) is 1.44. The molecule has 0 unspecified atom stereocenters. The molecular formula is C24H26F5N5O2. The molecule has 0 radical (unpaired) electrons. The second-order valence-corrected chi connectivity index (χ2v) is 8.99. The van der Waals surface area contributed by atoms with Gasteiger partial charge in [-0.2, -0.15) is 13.2 Å². The number of nitrogens with one attached hydrogen (secondary N) is 3. The van der Waals surface area contributed by atoms with Gasteiger partial charge in [0.25, 0.3) is 5.91 Å². The number of halogens is 5. The average Bonchev–Trinajstić information content (AvgIpc) is 2.83. The van der Waals surface area contributed by atoms with Gasteiger partial charge in [-0.15, -0.1) is 0 Å². The van der Waals surface area contributed by atoms with Crippen molar-refractivity contribution in [3.8, 4) is 0 Å². The molecule has 194 valence electrons. The smallest absolute Gasteiger partial charge is 0.366 e. The molecule has 36 heavy (non-hydrogen) atoms. The first-order valence-corrected chi connectivity index (χ1v) is 11.5. The molecule has 0 saturated carbocycles. The zero-order chi connectivity index (χ0) is 26.2. The van der Waals surface area contributed by atoms with Crippen LogP contribution < -0.4 is 21.1 Å². The van der Waals surface area contributed by atoms with Gasteiger partial charge in [0.05, 0.1) is 28.1 Å². The Bertz CT molecular complexity index is 1260. The Labute approximate surface area is 204 Å². The molecule has 1 aromatic heterocycles. The van der Waals surface area contributed by atoms with Crippen molar-refractivity contribution in [2.24, 2.45) is 0 Å². The Morgan fingerprint density at radius 1 is 1.17 bits per heavy atom. The lowest BCUT2D eigenvalue weighted by atomic mass is 9.98. The highest BCUT2D eigenvalue weighted by molar-refractivity contribution is 6.05. The molecule has 0 spiro atoms. The highest BCUT2D eigenvalue weighted by atomic mass is 19.4. The van der Waals surface area contributed by atoms with Crippen molar-refractivity contribution < 1.29 is 26.7 Å². The molecule has 1 saturated heterocycles. The van der Waals surface area contributed by atoms with Gasteiger partial charge >= 0.3 is 6.18 Å². The Hall–Kier alpha value is -3.25. The van der Waals surface area contributed by atoms with Crippen LogP contribution in [-0.2, 0) is 6.18 Å². The van der Waals surface area contributed by atoms with Crippen molar-refractivity contribution in [1.82, 2.24) is 15.2 Å². The van der Waals surface area contributed by atoms with E-state index in [1.807, 2.05) is 19.0 Å². The number of carbonyl (C=O) groups excluding carboxylic acids is 1. The van der Waals surface area contributed by atoms with E-state index in [2.05, 4.69) is 15.5 Å². The summed E-state index contributed by atoms with van der Waals surface area (Å²) in [7, 11) is 1.93. The number of H-pyrrole nitrogens is 1. The minimum Gasteiger partial charge on any atom is -0.366 e. The van der Waals surface area contributed by atoms with Crippen LogP contribution in [0.3, 0.4) is 0 Å². The monoisotopic (exact) mass is 511 g/mol. The van der Waals surface area contributed by atoms with Crippen molar-refractivity contribution in [1.29, 1.82) is 0 Å². The van der Waals surface area contributed by atoms with Gasteiger partial charge in [0.2, 0.25) is 5.56 Å². The van der Waals surface area contributed by atoms with Crippen LogP contribution in [0.2, 0.25) is 0 Å². The van der Waals surface area contributed by atoms with Gasteiger partial charge in [0, 0.05) is 44.5 Å². The minimum absolute atomic E-state index is 0.0469. The van der Waals surface area contributed by atoms with E-state index in [0.29, 0.717) is 44.4 Å². The second-order valence-electron chi connectivity index (χ2n) is 8.99. The molecule has 3 heterocycles. The predicted molar refractivity (Wildman–Crippen MR) is 126 cm³/mol. The molecule has 2 aliphatic heterocycles. The third-order valence-electron chi connectivity index (χ3n) is 6.55. The van der Waals surface area contributed by atoms with Gasteiger partial charge < -0.3 is 25.4 Å². The van der Waals surface area contributed by atoms with E-state index >= 15 is 8.78 Å². The number of hydrogen-bond donors (Lipinski definition) is 3. The fourth-order valence-electron chi connectivity index (χ4n) is 4.41. The third-order valence-corrected chi connectivity index (χ3v) is 6.55. The Kier molecular flexibility index (Phi) is 7.19. The number of hydrogen-bond acceptors (Lipinski definition) is 5. The van der Waals surface area contributed by atoms with Crippen molar-refractivity contribution in [3.63, 3.8) is 0 Å².